The number of hydrogen-bond acceptors (Lipinski definition) is 3. The van der Waals surface area contributed by atoms with Crippen LogP contribution in [0, 0.1) is 5.92 Å². The summed E-state index contributed by atoms with van der Waals surface area (Å²) in [7, 11) is 0. The third-order valence-corrected chi connectivity index (χ3v) is 2.30. The summed E-state index contributed by atoms with van der Waals surface area (Å²) < 4.78 is 0. The van der Waals surface area contributed by atoms with Crippen molar-refractivity contribution < 1.29 is 4.79 Å². The summed E-state index contributed by atoms with van der Waals surface area (Å²) in [5.74, 6) is 0.791. The van der Waals surface area contributed by atoms with Crippen molar-refractivity contribution in [2.45, 2.75) is 46.6 Å². The van der Waals surface area contributed by atoms with Gasteiger partial charge in [-0.25, -0.2) is 0 Å². The molecule has 0 fully saturated rings. The molecule has 0 spiro atoms. The Bertz CT molecular complexity index is 220. The maximum atomic E-state index is 11.8. The lowest BCUT2D eigenvalue weighted by molar-refractivity contribution is -0.124. The van der Waals surface area contributed by atoms with E-state index in [0.29, 0.717) is 18.9 Å². The molecule has 15 heavy (non-hydrogen) atoms. The average Bonchev–Trinajstić information content (AvgIpc) is 2.15. The first-order valence-corrected chi connectivity index (χ1v) is 5.63. The molecule has 0 aliphatic heterocycles. The van der Waals surface area contributed by atoms with E-state index in [4.69, 9.17) is 0 Å². The second kappa shape index (κ2) is 6.72. The quantitative estimate of drug-likeness (QED) is 0.656. The number of rotatable bonds is 7. The Morgan fingerprint density at radius 3 is 2.53 bits per heavy atom. The van der Waals surface area contributed by atoms with Gasteiger partial charge < -0.3 is 5.32 Å². The minimum absolute atomic E-state index is 0.230. The summed E-state index contributed by atoms with van der Waals surface area (Å²) >= 11 is 0. The molecule has 0 radical (unpaired) electrons. The van der Waals surface area contributed by atoms with Gasteiger partial charge in [-0.05, 0) is 39.4 Å². The highest BCUT2D eigenvalue weighted by molar-refractivity contribution is 5.87. The van der Waals surface area contributed by atoms with Gasteiger partial charge in [0.25, 0.3) is 0 Å². The Hall–Kier alpha value is -0.700. The van der Waals surface area contributed by atoms with Crippen molar-refractivity contribution in [3.8, 4) is 0 Å². The Labute approximate surface area is 93.4 Å². The molecule has 0 aliphatic rings. The van der Waals surface area contributed by atoms with Crippen LogP contribution >= 0.6 is 0 Å². The van der Waals surface area contributed by atoms with Crippen LogP contribution in [-0.2, 0) is 4.79 Å². The normalized spacial score (nSPS) is 12.7. The highest BCUT2D eigenvalue weighted by Crippen LogP contribution is 2.08. The number of nitrogens with zero attached hydrogens (tertiary/aromatic N) is 1. The Morgan fingerprint density at radius 1 is 1.47 bits per heavy atom. The summed E-state index contributed by atoms with van der Waals surface area (Å²) in [5, 5.41) is 3.28. The zero-order chi connectivity index (χ0) is 11.9. The maximum Gasteiger partial charge on any atom is 0.154 e. The molecule has 0 unspecified atom stereocenters. The van der Waals surface area contributed by atoms with Gasteiger partial charge in [0.15, 0.2) is 5.78 Å². The monoisotopic (exact) mass is 212 g/mol. The van der Waals surface area contributed by atoms with Crippen molar-refractivity contribution in [1.29, 1.82) is 0 Å². The van der Waals surface area contributed by atoms with Gasteiger partial charge in [0.05, 0.1) is 5.54 Å². The summed E-state index contributed by atoms with van der Waals surface area (Å²) in [6.45, 7) is 11.5. The number of carbonyl (C=O) groups is 1. The molecule has 0 aromatic heterocycles. The second-order valence-corrected chi connectivity index (χ2v) is 4.74. The predicted molar refractivity (Wildman–Crippen MR) is 65.6 cm³/mol. The first kappa shape index (κ1) is 14.3. The van der Waals surface area contributed by atoms with E-state index >= 15 is 0 Å². The van der Waals surface area contributed by atoms with Crippen LogP contribution in [-0.4, -0.2) is 30.6 Å². The van der Waals surface area contributed by atoms with Gasteiger partial charge in [-0.15, -0.1) is 0 Å². The maximum absolute atomic E-state index is 11.8. The van der Waals surface area contributed by atoms with Crippen LogP contribution in [0.15, 0.2) is 4.99 Å². The smallest absolute Gasteiger partial charge is 0.154 e. The molecule has 0 saturated heterocycles. The topological polar surface area (TPSA) is 41.5 Å². The third-order valence-electron chi connectivity index (χ3n) is 2.30. The van der Waals surface area contributed by atoms with Gasteiger partial charge >= 0.3 is 0 Å². The van der Waals surface area contributed by atoms with Gasteiger partial charge in [-0.3, -0.25) is 9.79 Å². The molecule has 3 heteroatoms. The van der Waals surface area contributed by atoms with E-state index in [-0.39, 0.29) is 5.78 Å². The number of ketones is 1. The molecule has 0 bridgehead atoms. The molecular formula is C12H24N2O. The van der Waals surface area contributed by atoms with Crippen molar-refractivity contribution in [1.82, 2.24) is 5.32 Å². The van der Waals surface area contributed by atoms with Crippen LogP contribution in [0.1, 0.15) is 41.0 Å². The van der Waals surface area contributed by atoms with E-state index in [9.17, 15) is 4.79 Å². The van der Waals surface area contributed by atoms with Crippen LogP contribution in [0.3, 0.4) is 0 Å². The fourth-order valence-electron chi connectivity index (χ4n) is 1.17. The third kappa shape index (κ3) is 6.39. The van der Waals surface area contributed by atoms with Crippen molar-refractivity contribution in [3.63, 3.8) is 0 Å². The summed E-state index contributed by atoms with van der Waals surface area (Å²) in [4.78, 5) is 15.9. The zero-order valence-electron chi connectivity index (χ0n) is 10.6. The van der Waals surface area contributed by atoms with Crippen molar-refractivity contribution >= 4 is 12.0 Å². The van der Waals surface area contributed by atoms with Crippen LogP contribution in [0.25, 0.3) is 0 Å². The highest BCUT2D eigenvalue weighted by Gasteiger charge is 2.25. The molecule has 88 valence electrons. The molecule has 0 atom stereocenters. The first-order chi connectivity index (χ1) is 6.90. The largest absolute Gasteiger partial charge is 0.305 e. The molecule has 0 aromatic carbocycles. The van der Waals surface area contributed by atoms with Crippen LogP contribution in [0.5, 0.6) is 0 Å². The van der Waals surface area contributed by atoms with Crippen molar-refractivity contribution in [2.24, 2.45) is 10.9 Å². The minimum atomic E-state index is -0.423. The van der Waals surface area contributed by atoms with Gasteiger partial charge in [0, 0.05) is 13.0 Å². The lowest BCUT2D eigenvalue weighted by atomic mass is 9.96. The molecule has 0 aromatic rings. The molecule has 0 heterocycles. The van der Waals surface area contributed by atoms with Gasteiger partial charge in [0.2, 0.25) is 0 Å². The van der Waals surface area contributed by atoms with E-state index in [0.717, 1.165) is 6.54 Å². The number of aliphatic imine (C=N–C) groups is 1. The fraction of sp³-hybridized carbons (Fsp3) is 0.833. The number of Topliss-reactive ketones (excluding diaryl/α,β-unsaturated/α-hetero) is 1. The van der Waals surface area contributed by atoms with Crippen LogP contribution in [0.4, 0.5) is 0 Å². The Kier molecular flexibility index (Phi) is 6.41. The molecular weight excluding hydrogens is 188 g/mol. The Balaban J connectivity index is 4.02. The van der Waals surface area contributed by atoms with E-state index < -0.39 is 5.54 Å². The Morgan fingerprint density at radius 2 is 2.07 bits per heavy atom. The molecule has 0 saturated carbocycles. The van der Waals surface area contributed by atoms with Gasteiger partial charge in [-0.1, -0.05) is 13.8 Å². The fourth-order valence-corrected chi connectivity index (χ4v) is 1.17. The standard InChI is InChI=1S/C12H24N2O/c1-6-13-8-7-11(15)12(4,5)14-9-10(2)3/h6,10,14H,7-9H2,1-5H3. The predicted octanol–water partition coefficient (Wildman–Crippen LogP) is 2.06. The average molecular weight is 212 g/mol. The van der Waals surface area contributed by atoms with Crippen LogP contribution in [0.2, 0.25) is 0 Å². The summed E-state index contributed by atoms with van der Waals surface area (Å²) in [6, 6.07) is 0. The number of hydrogen-bond donors (Lipinski definition) is 1. The molecule has 1 N–H and O–H groups in total. The van der Waals surface area contributed by atoms with E-state index in [2.05, 4.69) is 24.2 Å². The van der Waals surface area contributed by atoms with Crippen molar-refractivity contribution in [3.05, 3.63) is 0 Å². The molecule has 0 aliphatic carbocycles. The first-order valence-electron chi connectivity index (χ1n) is 5.63. The molecule has 3 nitrogen and oxygen atoms in total. The summed E-state index contributed by atoms with van der Waals surface area (Å²) in [5.41, 5.74) is -0.423. The summed E-state index contributed by atoms with van der Waals surface area (Å²) in [6.07, 6.45) is 2.25. The number of carbonyl (C=O) groups excluding carboxylic acids is 1. The zero-order valence-corrected chi connectivity index (χ0v) is 10.6. The highest BCUT2D eigenvalue weighted by atomic mass is 16.1. The lowest BCUT2D eigenvalue weighted by Gasteiger charge is -2.25. The van der Waals surface area contributed by atoms with Gasteiger partial charge in [0.1, 0.15) is 0 Å². The van der Waals surface area contributed by atoms with E-state index in [1.54, 1.807) is 6.21 Å². The van der Waals surface area contributed by atoms with E-state index in [1.165, 1.54) is 0 Å². The lowest BCUT2D eigenvalue weighted by Crippen LogP contribution is -2.48. The van der Waals surface area contributed by atoms with Gasteiger partial charge in [-0.2, -0.15) is 0 Å². The van der Waals surface area contributed by atoms with Crippen LogP contribution < -0.4 is 5.32 Å². The van der Waals surface area contributed by atoms with Crippen molar-refractivity contribution in [2.75, 3.05) is 13.1 Å². The SMILES string of the molecule is CC=NCCC(=O)C(C)(C)NCC(C)C. The second-order valence-electron chi connectivity index (χ2n) is 4.74. The molecule has 0 amide bonds. The van der Waals surface area contributed by atoms with E-state index in [1.807, 2.05) is 20.8 Å². The minimum Gasteiger partial charge on any atom is -0.305 e. The number of nitrogens with one attached hydrogen (secondary N) is 1. The molecule has 0 rings (SSSR count).